The van der Waals surface area contributed by atoms with Crippen molar-refractivity contribution < 1.29 is 19.4 Å². The number of hydrogen-bond donors (Lipinski definition) is 1. The summed E-state index contributed by atoms with van der Waals surface area (Å²) in [6.07, 6.45) is 0. The Bertz CT molecular complexity index is 682. The molecule has 0 amide bonds. The molecule has 0 heterocycles. The fraction of sp³-hybridized carbons (Fsp3) is 0.316. The summed E-state index contributed by atoms with van der Waals surface area (Å²) < 4.78 is 10.7. The number of rotatable bonds is 4. The number of methoxy groups -OCH3 is 1. The Labute approximate surface area is 136 Å². The fourth-order valence-electron chi connectivity index (χ4n) is 2.20. The summed E-state index contributed by atoms with van der Waals surface area (Å²) in [5, 5.41) is 9.30. The Morgan fingerprint density at radius 2 is 1.74 bits per heavy atom. The van der Waals surface area contributed by atoms with E-state index in [2.05, 4.69) is 0 Å². The molecule has 0 aliphatic rings. The lowest BCUT2D eigenvalue weighted by molar-refractivity contribution is 0.00695. The van der Waals surface area contributed by atoms with Gasteiger partial charge >= 0.3 is 5.97 Å². The van der Waals surface area contributed by atoms with Gasteiger partial charge in [0.25, 0.3) is 0 Å². The third-order valence-electron chi connectivity index (χ3n) is 3.28. The quantitative estimate of drug-likeness (QED) is 0.872. The number of hydrogen-bond acceptors (Lipinski definition) is 4. The molecule has 0 aliphatic carbocycles. The van der Waals surface area contributed by atoms with Gasteiger partial charge in [-0.1, -0.05) is 18.2 Å². The highest BCUT2D eigenvalue weighted by atomic mass is 16.6. The average molecular weight is 314 g/mol. The van der Waals surface area contributed by atoms with E-state index in [0.717, 1.165) is 16.7 Å². The predicted octanol–water partition coefficient (Wildman–Crippen LogP) is 3.81. The lowest BCUT2D eigenvalue weighted by Crippen LogP contribution is -2.23. The number of esters is 1. The SMILES string of the molecule is COc1ccc(CO)cc1-c1ccc(C(=O)OC(C)(C)C)cc1. The van der Waals surface area contributed by atoms with Crippen LogP contribution < -0.4 is 4.74 Å². The van der Waals surface area contributed by atoms with Crippen LogP contribution in [0.25, 0.3) is 11.1 Å². The van der Waals surface area contributed by atoms with E-state index in [-0.39, 0.29) is 12.6 Å². The molecule has 0 spiro atoms. The van der Waals surface area contributed by atoms with Crippen LogP contribution in [0.5, 0.6) is 5.75 Å². The van der Waals surface area contributed by atoms with Crippen LogP contribution in [0, 0.1) is 0 Å². The van der Waals surface area contributed by atoms with Crippen LogP contribution in [-0.4, -0.2) is 23.8 Å². The molecule has 2 rings (SSSR count). The zero-order valence-corrected chi connectivity index (χ0v) is 13.9. The Hall–Kier alpha value is -2.33. The molecule has 0 bridgehead atoms. The van der Waals surface area contributed by atoms with Crippen molar-refractivity contribution >= 4 is 5.97 Å². The topological polar surface area (TPSA) is 55.8 Å². The molecule has 1 N–H and O–H groups in total. The monoisotopic (exact) mass is 314 g/mol. The number of ether oxygens (including phenoxy) is 2. The highest BCUT2D eigenvalue weighted by Crippen LogP contribution is 2.31. The first kappa shape index (κ1) is 17.0. The van der Waals surface area contributed by atoms with Gasteiger partial charge in [0.2, 0.25) is 0 Å². The fourth-order valence-corrected chi connectivity index (χ4v) is 2.20. The summed E-state index contributed by atoms with van der Waals surface area (Å²) in [5.41, 5.74) is 2.56. The standard InChI is InChI=1S/C19H22O4/c1-19(2,3)23-18(21)15-8-6-14(7-9-15)16-11-13(12-20)5-10-17(16)22-4/h5-11,20H,12H2,1-4H3. The van der Waals surface area contributed by atoms with Crippen molar-refractivity contribution in [3.05, 3.63) is 53.6 Å². The van der Waals surface area contributed by atoms with Crippen molar-refractivity contribution in [3.63, 3.8) is 0 Å². The van der Waals surface area contributed by atoms with Crippen LogP contribution in [0.2, 0.25) is 0 Å². The van der Waals surface area contributed by atoms with Crippen LogP contribution in [0.4, 0.5) is 0 Å². The smallest absolute Gasteiger partial charge is 0.338 e. The molecule has 4 nitrogen and oxygen atoms in total. The maximum atomic E-state index is 12.1. The summed E-state index contributed by atoms with van der Waals surface area (Å²) in [6.45, 7) is 5.48. The summed E-state index contributed by atoms with van der Waals surface area (Å²) in [5.74, 6) is 0.368. The number of aliphatic hydroxyl groups excluding tert-OH is 1. The molecule has 0 saturated carbocycles. The molecular formula is C19H22O4. The van der Waals surface area contributed by atoms with Gasteiger partial charge in [0.15, 0.2) is 0 Å². The lowest BCUT2D eigenvalue weighted by atomic mass is 10.0. The van der Waals surface area contributed by atoms with Gasteiger partial charge in [-0.2, -0.15) is 0 Å². The van der Waals surface area contributed by atoms with Crippen molar-refractivity contribution in [2.45, 2.75) is 33.0 Å². The second-order valence-electron chi connectivity index (χ2n) is 6.27. The van der Waals surface area contributed by atoms with E-state index in [4.69, 9.17) is 9.47 Å². The largest absolute Gasteiger partial charge is 0.496 e. The first-order valence-electron chi connectivity index (χ1n) is 7.45. The van der Waals surface area contributed by atoms with E-state index >= 15 is 0 Å². The van der Waals surface area contributed by atoms with E-state index in [0.29, 0.717) is 11.3 Å². The van der Waals surface area contributed by atoms with Crippen molar-refractivity contribution in [1.82, 2.24) is 0 Å². The van der Waals surface area contributed by atoms with Crippen molar-refractivity contribution in [1.29, 1.82) is 0 Å². The Balaban J connectivity index is 2.31. The maximum absolute atomic E-state index is 12.1. The van der Waals surface area contributed by atoms with Gasteiger partial charge in [-0.3, -0.25) is 0 Å². The Morgan fingerprint density at radius 1 is 1.09 bits per heavy atom. The molecule has 0 atom stereocenters. The number of carbonyl (C=O) groups excluding carboxylic acids is 1. The minimum atomic E-state index is -0.519. The molecule has 0 fully saturated rings. The molecule has 122 valence electrons. The zero-order chi connectivity index (χ0) is 17.0. The molecule has 0 saturated heterocycles. The van der Waals surface area contributed by atoms with Gasteiger partial charge in [0.1, 0.15) is 11.4 Å². The van der Waals surface area contributed by atoms with Crippen LogP contribution in [-0.2, 0) is 11.3 Å². The van der Waals surface area contributed by atoms with Crippen molar-refractivity contribution in [3.8, 4) is 16.9 Å². The van der Waals surface area contributed by atoms with Gasteiger partial charge in [0, 0.05) is 5.56 Å². The molecule has 2 aromatic carbocycles. The minimum Gasteiger partial charge on any atom is -0.496 e. The molecule has 0 aromatic heterocycles. The van der Waals surface area contributed by atoms with Gasteiger partial charge < -0.3 is 14.6 Å². The molecule has 0 radical (unpaired) electrons. The third kappa shape index (κ3) is 4.33. The first-order chi connectivity index (χ1) is 10.8. The van der Waals surface area contributed by atoms with Gasteiger partial charge in [-0.25, -0.2) is 4.79 Å². The van der Waals surface area contributed by atoms with E-state index < -0.39 is 5.60 Å². The normalized spacial score (nSPS) is 11.2. The Kier molecular flexibility index (Phi) is 5.06. The van der Waals surface area contributed by atoms with E-state index in [1.165, 1.54) is 0 Å². The molecule has 0 unspecified atom stereocenters. The molecule has 4 heteroatoms. The number of carbonyl (C=O) groups is 1. The van der Waals surface area contributed by atoms with Crippen molar-refractivity contribution in [2.24, 2.45) is 0 Å². The van der Waals surface area contributed by atoms with E-state index in [1.54, 1.807) is 19.2 Å². The van der Waals surface area contributed by atoms with Crippen LogP contribution in [0.1, 0.15) is 36.7 Å². The second-order valence-corrected chi connectivity index (χ2v) is 6.27. The summed E-state index contributed by atoms with van der Waals surface area (Å²) >= 11 is 0. The van der Waals surface area contributed by atoms with Crippen LogP contribution >= 0.6 is 0 Å². The minimum absolute atomic E-state index is 0.0347. The second kappa shape index (κ2) is 6.84. The predicted molar refractivity (Wildman–Crippen MR) is 89.5 cm³/mol. The lowest BCUT2D eigenvalue weighted by Gasteiger charge is -2.19. The molecule has 2 aromatic rings. The summed E-state index contributed by atoms with van der Waals surface area (Å²) in [7, 11) is 1.60. The maximum Gasteiger partial charge on any atom is 0.338 e. The highest BCUT2D eigenvalue weighted by Gasteiger charge is 2.18. The van der Waals surface area contributed by atoms with Crippen LogP contribution in [0.15, 0.2) is 42.5 Å². The summed E-state index contributed by atoms with van der Waals surface area (Å²) in [4.78, 5) is 12.1. The van der Waals surface area contributed by atoms with Gasteiger partial charge in [-0.15, -0.1) is 0 Å². The Morgan fingerprint density at radius 3 is 2.26 bits per heavy atom. The molecule has 0 aliphatic heterocycles. The van der Waals surface area contributed by atoms with Gasteiger partial charge in [-0.05, 0) is 56.2 Å². The third-order valence-corrected chi connectivity index (χ3v) is 3.28. The number of benzene rings is 2. The zero-order valence-electron chi connectivity index (χ0n) is 13.9. The molecular weight excluding hydrogens is 292 g/mol. The summed E-state index contributed by atoms with van der Waals surface area (Å²) in [6, 6.07) is 12.7. The highest BCUT2D eigenvalue weighted by molar-refractivity contribution is 5.90. The van der Waals surface area contributed by atoms with Crippen molar-refractivity contribution in [2.75, 3.05) is 7.11 Å². The van der Waals surface area contributed by atoms with E-state index in [9.17, 15) is 9.90 Å². The van der Waals surface area contributed by atoms with E-state index in [1.807, 2.05) is 51.1 Å². The molecule has 23 heavy (non-hydrogen) atoms. The number of aliphatic hydroxyl groups is 1. The van der Waals surface area contributed by atoms with Gasteiger partial charge in [0.05, 0.1) is 19.3 Å². The van der Waals surface area contributed by atoms with Crippen LogP contribution in [0.3, 0.4) is 0 Å². The first-order valence-corrected chi connectivity index (χ1v) is 7.45. The average Bonchev–Trinajstić information content (AvgIpc) is 2.52.